The first kappa shape index (κ1) is 23.2. The molecule has 0 saturated carbocycles. The highest BCUT2D eigenvalue weighted by Gasteiger charge is 2.15. The lowest BCUT2D eigenvalue weighted by atomic mass is 10.1. The summed E-state index contributed by atoms with van der Waals surface area (Å²) in [7, 11) is 0. The van der Waals surface area contributed by atoms with E-state index in [9.17, 15) is 4.79 Å². The molecule has 0 bridgehead atoms. The standard InChI is InChI=1S/C24H32N4O4/c1-16(2)32-19-9-7-18(8-10-19)27-23(26-14-22(29)28-24(3,4)5)25-13-17-6-11-20-21(12-17)31-15-30-20/h6-12,16H,13-15H2,1-5H3,(H,28,29)(H2,25,26,27). The van der Waals surface area contributed by atoms with Gasteiger partial charge in [-0.25, -0.2) is 4.99 Å². The molecule has 0 spiro atoms. The van der Waals surface area contributed by atoms with Gasteiger partial charge in [0, 0.05) is 11.2 Å². The van der Waals surface area contributed by atoms with E-state index in [1.807, 2.05) is 77.1 Å². The molecule has 3 N–H and O–H groups in total. The van der Waals surface area contributed by atoms with Crippen LogP contribution >= 0.6 is 0 Å². The second kappa shape index (κ2) is 10.3. The molecule has 8 heteroatoms. The number of benzene rings is 2. The minimum Gasteiger partial charge on any atom is -0.491 e. The van der Waals surface area contributed by atoms with E-state index >= 15 is 0 Å². The highest BCUT2D eigenvalue weighted by molar-refractivity contribution is 5.96. The number of ether oxygens (including phenoxy) is 3. The molecule has 1 heterocycles. The van der Waals surface area contributed by atoms with Crippen LogP contribution in [0.5, 0.6) is 17.2 Å². The van der Waals surface area contributed by atoms with Gasteiger partial charge in [-0.1, -0.05) is 6.07 Å². The number of hydrogen-bond donors (Lipinski definition) is 3. The highest BCUT2D eigenvalue weighted by atomic mass is 16.7. The van der Waals surface area contributed by atoms with Gasteiger partial charge in [-0.2, -0.15) is 0 Å². The first-order valence-corrected chi connectivity index (χ1v) is 10.7. The van der Waals surface area contributed by atoms with Crippen LogP contribution in [0.2, 0.25) is 0 Å². The molecule has 0 atom stereocenters. The zero-order chi connectivity index (χ0) is 23.1. The maximum Gasteiger partial charge on any atom is 0.239 e. The predicted octanol–water partition coefficient (Wildman–Crippen LogP) is 3.67. The number of rotatable bonds is 7. The van der Waals surface area contributed by atoms with Crippen LogP contribution in [0.25, 0.3) is 0 Å². The summed E-state index contributed by atoms with van der Waals surface area (Å²) in [5.41, 5.74) is 1.49. The number of nitrogens with one attached hydrogen (secondary N) is 3. The Morgan fingerprint density at radius 1 is 1.09 bits per heavy atom. The molecule has 3 rings (SSSR count). The molecule has 8 nitrogen and oxygen atoms in total. The average molecular weight is 441 g/mol. The first-order chi connectivity index (χ1) is 15.2. The second-order valence-corrected chi connectivity index (χ2v) is 8.82. The zero-order valence-electron chi connectivity index (χ0n) is 19.3. The summed E-state index contributed by atoms with van der Waals surface area (Å²) in [6.45, 7) is 10.5. The van der Waals surface area contributed by atoms with Gasteiger partial charge in [-0.05, 0) is 76.6 Å². The predicted molar refractivity (Wildman–Crippen MR) is 125 cm³/mol. The van der Waals surface area contributed by atoms with Gasteiger partial charge in [0.25, 0.3) is 0 Å². The van der Waals surface area contributed by atoms with E-state index in [-0.39, 0.29) is 30.9 Å². The van der Waals surface area contributed by atoms with E-state index in [4.69, 9.17) is 14.2 Å². The third kappa shape index (κ3) is 7.37. The fourth-order valence-corrected chi connectivity index (χ4v) is 3.00. The van der Waals surface area contributed by atoms with Crippen LogP contribution in [-0.4, -0.2) is 36.8 Å². The van der Waals surface area contributed by atoms with Gasteiger partial charge in [-0.15, -0.1) is 0 Å². The smallest absolute Gasteiger partial charge is 0.239 e. The summed E-state index contributed by atoms with van der Waals surface area (Å²) in [5, 5.41) is 9.28. The fourth-order valence-electron chi connectivity index (χ4n) is 3.00. The van der Waals surface area contributed by atoms with Crippen molar-refractivity contribution in [2.45, 2.75) is 52.8 Å². The van der Waals surface area contributed by atoms with E-state index in [0.717, 1.165) is 22.7 Å². The van der Waals surface area contributed by atoms with Gasteiger partial charge < -0.3 is 30.2 Å². The van der Waals surface area contributed by atoms with E-state index in [2.05, 4.69) is 20.9 Å². The molecule has 0 unspecified atom stereocenters. The van der Waals surface area contributed by atoms with Crippen LogP contribution < -0.4 is 30.2 Å². The summed E-state index contributed by atoms with van der Waals surface area (Å²) < 4.78 is 16.5. The van der Waals surface area contributed by atoms with Crippen molar-refractivity contribution in [2.75, 3.05) is 18.7 Å². The van der Waals surface area contributed by atoms with Crippen LogP contribution in [0.1, 0.15) is 40.2 Å². The van der Waals surface area contributed by atoms with E-state index in [0.29, 0.717) is 18.3 Å². The molecule has 0 radical (unpaired) electrons. The molecule has 0 fully saturated rings. The van der Waals surface area contributed by atoms with Crippen LogP contribution in [0.4, 0.5) is 5.69 Å². The Labute approximate surface area is 189 Å². The van der Waals surface area contributed by atoms with Crippen molar-refractivity contribution in [1.82, 2.24) is 10.6 Å². The maximum absolute atomic E-state index is 12.3. The molecule has 2 aromatic rings. The van der Waals surface area contributed by atoms with Crippen LogP contribution in [-0.2, 0) is 11.3 Å². The van der Waals surface area contributed by atoms with Crippen LogP contribution in [0, 0.1) is 0 Å². The van der Waals surface area contributed by atoms with Crippen molar-refractivity contribution in [2.24, 2.45) is 4.99 Å². The number of carbonyl (C=O) groups is 1. The molecular formula is C24H32N4O4. The van der Waals surface area contributed by atoms with Crippen molar-refractivity contribution < 1.29 is 19.0 Å². The van der Waals surface area contributed by atoms with Gasteiger partial charge in [0.15, 0.2) is 17.5 Å². The third-order valence-corrected chi connectivity index (χ3v) is 4.28. The number of guanidine groups is 1. The second-order valence-electron chi connectivity index (χ2n) is 8.82. The van der Waals surface area contributed by atoms with Crippen LogP contribution in [0.3, 0.4) is 0 Å². The Hall–Kier alpha value is -3.42. The minimum absolute atomic E-state index is 0.0960. The van der Waals surface area contributed by atoms with Gasteiger partial charge in [0.1, 0.15) is 5.75 Å². The fraction of sp³-hybridized carbons (Fsp3) is 0.417. The molecule has 172 valence electrons. The number of amides is 1. The van der Waals surface area contributed by atoms with Crippen molar-refractivity contribution >= 4 is 17.6 Å². The monoisotopic (exact) mass is 440 g/mol. The van der Waals surface area contributed by atoms with Gasteiger partial charge in [0.2, 0.25) is 12.7 Å². The normalized spacial score (nSPS) is 13.1. The topological polar surface area (TPSA) is 93.2 Å². The quantitative estimate of drug-likeness (QED) is 0.449. The number of nitrogens with zero attached hydrogens (tertiary/aromatic N) is 1. The summed E-state index contributed by atoms with van der Waals surface area (Å²) in [5.74, 6) is 2.61. The molecule has 0 aliphatic carbocycles. The Bertz CT molecular complexity index is 949. The average Bonchev–Trinajstić information content (AvgIpc) is 3.17. The Morgan fingerprint density at radius 2 is 1.81 bits per heavy atom. The molecule has 32 heavy (non-hydrogen) atoms. The van der Waals surface area contributed by atoms with E-state index in [1.54, 1.807) is 0 Å². The molecule has 1 amide bonds. The van der Waals surface area contributed by atoms with Gasteiger partial charge >= 0.3 is 0 Å². The lowest BCUT2D eigenvalue weighted by molar-refractivity contribution is -0.121. The lowest BCUT2D eigenvalue weighted by Crippen LogP contribution is -2.46. The van der Waals surface area contributed by atoms with E-state index in [1.165, 1.54) is 0 Å². The molecule has 1 aliphatic rings. The molecular weight excluding hydrogens is 408 g/mol. The SMILES string of the molecule is CC(C)Oc1ccc(NC(=NCc2ccc3c(c2)OCO3)NCC(=O)NC(C)(C)C)cc1. The van der Waals surface area contributed by atoms with Crippen molar-refractivity contribution in [3.8, 4) is 17.2 Å². The van der Waals surface area contributed by atoms with Gasteiger partial charge in [-0.3, -0.25) is 4.79 Å². The summed E-state index contributed by atoms with van der Waals surface area (Å²) in [6.07, 6.45) is 0.107. The molecule has 0 saturated heterocycles. The van der Waals surface area contributed by atoms with Crippen molar-refractivity contribution in [1.29, 1.82) is 0 Å². The zero-order valence-corrected chi connectivity index (χ0v) is 19.3. The summed E-state index contributed by atoms with van der Waals surface area (Å²) >= 11 is 0. The Kier molecular flexibility index (Phi) is 7.45. The summed E-state index contributed by atoms with van der Waals surface area (Å²) in [6, 6.07) is 13.3. The summed E-state index contributed by atoms with van der Waals surface area (Å²) in [4.78, 5) is 16.9. The molecule has 1 aliphatic heterocycles. The third-order valence-electron chi connectivity index (χ3n) is 4.28. The minimum atomic E-state index is -0.303. The number of hydrogen-bond acceptors (Lipinski definition) is 5. The number of anilines is 1. The van der Waals surface area contributed by atoms with Crippen molar-refractivity contribution in [3.05, 3.63) is 48.0 Å². The number of carbonyl (C=O) groups excluding carboxylic acids is 1. The maximum atomic E-state index is 12.3. The van der Waals surface area contributed by atoms with Gasteiger partial charge in [0.05, 0.1) is 19.2 Å². The number of aliphatic imine (C=N–C) groups is 1. The van der Waals surface area contributed by atoms with E-state index < -0.39 is 0 Å². The van der Waals surface area contributed by atoms with Crippen molar-refractivity contribution in [3.63, 3.8) is 0 Å². The molecule has 2 aromatic carbocycles. The van der Waals surface area contributed by atoms with Crippen LogP contribution in [0.15, 0.2) is 47.5 Å². The number of fused-ring (bicyclic) bond motifs is 1. The Balaban J connectivity index is 1.69. The lowest BCUT2D eigenvalue weighted by Gasteiger charge is -2.21. The highest BCUT2D eigenvalue weighted by Crippen LogP contribution is 2.32. The largest absolute Gasteiger partial charge is 0.491 e. The Morgan fingerprint density at radius 3 is 2.50 bits per heavy atom. The molecule has 0 aromatic heterocycles. The first-order valence-electron chi connectivity index (χ1n) is 10.7.